The number of carbonyl (C=O) groups excluding carboxylic acids is 1. The Hall–Kier alpha value is -2.53. The van der Waals surface area contributed by atoms with Gasteiger partial charge in [0.2, 0.25) is 11.9 Å². The van der Waals surface area contributed by atoms with Crippen LogP contribution in [-0.4, -0.2) is 44.6 Å². The van der Waals surface area contributed by atoms with Crippen LogP contribution in [0.25, 0.3) is 5.69 Å². The van der Waals surface area contributed by atoms with Crippen molar-refractivity contribution in [2.75, 3.05) is 18.0 Å². The summed E-state index contributed by atoms with van der Waals surface area (Å²) < 4.78 is 2.03. The monoisotopic (exact) mass is 426 g/mol. The number of anilines is 1. The van der Waals surface area contributed by atoms with Gasteiger partial charge in [0.25, 0.3) is 0 Å². The van der Waals surface area contributed by atoms with Crippen molar-refractivity contribution in [2.45, 2.75) is 62.9 Å². The number of carbonyl (C=O) groups is 1. The number of benzene rings is 1. The predicted molar refractivity (Wildman–Crippen MR) is 120 cm³/mol. The highest BCUT2D eigenvalue weighted by Gasteiger charge is 2.32. The number of hydrogen-bond acceptors (Lipinski definition) is 6. The molecule has 160 valence electrons. The molecule has 2 heterocycles. The third kappa shape index (κ3) is 4.78. The number of hydrogen-bond donors (Lipinski definition) is 1. The van der Waals surface area contributed by atoms with Crippen LogP contribution in [0.2, 0.25) is 0 Å². The maximum Gasteiger partial charge on any atom is 0.234 e. The van der Waals surface area contributed by atoms with Crippen LogP contribution < -0.4 is 10.2 Å². The summed E-state index contributed by atoms with van der Waals surface area (Å²) in [7, 11) is 0. The maximum absolute atomic E-state index is 12.8. The molecule has 2 atom stereocenters. The topological polar surface area (TPSA) is 86.8 Å². The Balaban J connectivity index is 1.86. The molecule has 0 aliphatic carbocycles. The van der Waals surface area contributed by atoms with E-state index in [2.05, 4.69) is 26.5 Å². The molecule has 1 aromatic heterocycles. The van der Waals surface area contributed by atoms with Gasteiger partial charge in [-0.1, -0.05) is 43.8 Å². The quantitative estimate of drug-likeness (QED) is 0.678. The summed E-state index contributed by atoms with van der Waals surface area (Å²) in [6.45, 7) is 9.37. The number of nitrogens with zero attached hydrogens (tertiary/aromatic N) is 5. The number of nitriles is 1. The van der Waals surface area contributed by atoms with Gasteiger partial charge in [-0.25, -0.2) is 0 Å². The number of thioether (sulfide) groups is 1. The molecule has 0 spiro atoms. The fourth-order valence-electron chi connectivity index (χ4n) is 3.31. The Kier molecular flexibility index (Phi) is 7.03. The molecule has 30 heavy (non-hydrogen) atoms. The van der Waals surface area contributed by atoms with Gasteiger partial charge in [-0.3, -0.25) is 9.36 Å². The number of nitrogens with one attached hydrogen (secondary N) is 1. The number of piperidine rings is 1. The fraction of sp³-hybridized carbons (Fsp3) is 0.545. The Morgan fingerprint density at radius 1 is 1.17 bits per heavy atom. The highest BCUT2D eigenvalue weighted by atomic mass is 32.2. The minimum absolute atomic E-state index is 0.00215. The lowest BCUT2D eigenvalue weighted by Crippen LogP contribution is -2.51. The van der Waals surface area contributed by atoms with Crippen LogP contribution in [0.4, 0.5) is 5.95 Å². The minimum Gasteiger partial charge on any atom is -0.341 e. The van der Waals surface area contributed by atoms with Crippen molar-refractivity contribution in [2.24, 2.45) is 5.92 Å². The fourth-order valence-corrected chi connectivity index (χ4v) is 4.17. The molecule has 7 nitrogen and oxygen atoms in total. The number of amides is 1. The first-order valence-electron chi connectivity index (χ1n) is 10.5. The van der Waals surface area contributed by atoms with E-state index < -0.39 is 10.8 Å². The van der Waals surface area contributed by atoms with Gasteiger partial charge in [-0.2, -0.15) is 5.26 Å². The second-order valence-corrected chi connectivity index (χ2v) is 9.53. The molecule has 0 saturated carbocycles. The van der Waals surface area contributed by atoms with Gasteiger partial charge in [0.05, 0.1) is 17.0 Å². The Bertz CT molecular complexity index is 900. The van der Waals surface area contributed by atoms with E-state index in [9.17, 15) is 10.1 Å². The summed E-state index contributed by atoms with van der Waals surface area (Å²) >= 11 is 1.36. The van der Waals surface area contributed by atoms with E-state index in [0.29, 0.717) is 5.16 Å². The minimum atomic E-state index is -0.905. The number of para-hydroxylation sites is 1. The molecule has 0 unspecified atom stereocenters. The van der Waals surface area contributed by atoms with Crippen LogP contribution in [0, 0.1) is 17.2 Å². The van der Waals surface area contributed by atoms with Crippen molar-refractivity contribution in [3.8, 4) is 11.8 Å². The zero-order chi connectivity index (χ0) is 21.7. The van der Waals surface area contributed by atoms with Crippen LogP contribution in [0.5, 0.6) is 0 Å². The Morgan fingerprint density at radius 3 is 2.43 bits per heavy atom. The molecule has 0 bridgehead atoms. The maximum atomic E-state index is 12.8. The summed E-state index contributed by atoms with van der Waals surface area (Å²) in [5, 5.41) is 21.6. The second-order valence-electron chi connectivity index (χ2n) is 8.22. The zero-order valence-corrected chi connectivity index (χ0v) is 18.9. The Labute approximate surface area is 182 Å². The van der Waals surface area contributed by atoms with Gasteiger partial charge in [-0.05, 0) is 51.2 Å². The first-order valence-corrected chi connectivity index (χ1v) is 11.4. The van der Waals surface area contributed by atoms with Crippen molar-refractivity contribution < 1.29 is 4.79 Å². The zero-order valence-electron chi connectivity index (χ0n) is 18.1. The van der Waals surface area contributed by atoms with Crippen LogP contribution in [0.1, 0.15) is 47.0 Å². The van der Waals surface area contributed by atoms with E-state index >= 15 is 0 Å². The second kappa shape index (κ2) is 9.52. The highest BCUT2D eigenvalue weighted by molar-refractivity contribution is 8.00. The van der Waals surface area contributed by atoms with Crippen LogP contribution in [0.15, 0.2) is 35.5 Å². The first-order chi connectivity index (χ1) is 14.4. The van der Waals surface area contributed by atoms with E-state index in [0.717, 1.165) is 37.6 Å². The van der Waals surface area contributed by atoms with Crippen LogP contribution in [0.3, 0.4) is 0 Å². The van der Waals surface area contributed by atoms with Crippen LogP contribution >= 0.6 is 11.8 Å². The normalized spacial score (nSPS) is 17.3. The van der Waals surface area contributed by atoms with Gasteiger partial charge in [-0.15, -0.1) is 10.2 Å². The van der Waals surface area contributed by atoms with Crippen molar-refractivity contribution in [1.29, 1.82) is 5.26 Å². The summed E-state index contributed by atoms with van der Waals surface area (Å²) in [5.74, 6) is 0.641. The van der Waals surface area contributed by atoms with Crippen LogP contribution in [-0.2, 0) is 4.79 Å². The summed E-state index contributed by atoms with van der Waals surface area (Å²) in [6.07, 6.45) is 3.53. The molecule has 1 fully saturated rings. The lowest BCUT2D eigenvalue weighted by molar-refractivity contribution is -0.121. The van der Waals surface area contributed by atoms with Gasteiger partial charge >= 0.3 is 0 Å². The smallest absolute Gasteiger partial charge is 0.234 e. The van der Waals surface area contributed by atoms with E-state index in [1.165, 1.54) is 18.2 Å². The standard InChI is InChI=1S/C22H30N6OS/c1-16(2)22(4,15-23)24-19(29)17(3)30-21-26-25-20(27-13-9-6-10-14-27)28(21)18-11-7-5-8-12-18/h5,7-8,11-12,16-17H,6,9-10,13-14H2,1-4H3,(H,24,29)/t17-,22+/m0/s1. The molecular formula is C22H30N6OS. The number of rotatable bonds is 7. The van der Waals surface area contributed by atoms with Gasteiger partial charge in [0, 0.05) is 13.1 Å². The molecule has 8 heteroatoms. The average Bonchev–Trinajstić information content (AvgIpc) is 3.18. The molecule has 1 aliphatic heterocycles. The predicted octanol–water partition coefficient (Wildman–Crippen LogP) is 3.79. The highest BCUT2D eigenvalue weighted by Crippen LogP contribution is 2.31. The van der Waals surface area contributed by atoms with Crippen molar-refractivity contribution in [3.63, 3.8) is 0 Å². The van der Waals surface area contributed by atoms with Crippen molar-refractivity contribution in [1.82, 2.24) is 20.1 Å². The molecule has 1 aliphatic rings. The molecule has 2 aromatic rings. The third-order valence-electron chi connectivity index (χ3n) is 5.69. The van der Waals surface area contributed by atoms with E-state index in [4.69, 9.17) is 0 Å². The lowest BCUT2D eigenvalue weighted by Gasteiger charge is -2.29. The van der Waals surface area contributed by atoms with Gasteiger partial charge in [0.1, 0.15) is 5.54 Å². The Morgan fingerprint density at radius 2 is 1.83 bits per heavy atom. The number of aromatic nitrogens is 3. The molecule has 1 saturated heterocycles. The summed E-state index contributed by atoms with van der Waals surface area (Å²) in [5.41, 5.74) is 0.0695. The lowest BCUT2D eigenvalue weighted by atomic mass is 9.90. The first kappa shape index (κ1) is 22.2. The summed E-state index contributed by atoms with van der Waals surface area (Å²) in [4.78, 5) is 15.1. The summed E-state index contributed by atoms with van der Waals surface area (Å²) in [6, 6.07) is 12.2. The third-order valence-corrected chi connectivity index (χ3v) is 6.73. The van der Waals surface area contributed by atoms with E-state index in [1.807, 2.05) is 55.7 Å². The molecule has 1 amide bonds. The molecule has 3 rings (SSSR count). The van der Waals surface area contributed by atoms with Crippen molar-refractivity contribution in [3.05, 3.63) is 30.3 Å². The largest absolute Gasteiger partial charge is 0.341 e. The molecule has 0 radical (unpaired) electrons. The van der Waals surface area contributed by atoms with Crippen molar-refractivity contribution >= 4 is 23.6 Å². The van der Waals surface area contributed by atoms with E-state index in [-0.39, 0.29) is 11.8 Å². The average molecular weight is 427 g/mol. The molecular weight excluding hydrogens is 396 g/mol. The molecule has 1 aromatic carbocycles. The SMILES string of the molecule is CC(C)[C@@](C)(C#N)NC(=O)[C@H](C)Sc1nnc(N2CCCCC2)n1-c1ccccc1. The molecule has 1 N–H and O–H groups in total. The van der Waals surface area contributed by atoms with E-state index in [1.54, 1.807) is 6.92 Å². The van der Waals surface area contributed by atoms with Gasteiger partial charge < -0.3 is 10.2 Å². The van der Waals surface area contributed by atoms with Gasteiger partial charge in [0.15, 0.2) is 5.16 Å².